The van der Waals surface area contributed by atoms with Gasteiger partial charge in [-0.3, -0.25) is 9.69 Å². The number of carbonyl (C=O) groups is 1. The van der Waals surface area contributed by atoms with Crippen LogP contribution in [0.25, 0.3) is 0 Å². The van der Waals surface area contributed by atoms with E-state index in [1.807, 2.05) is 35.2 Å². The van der Waals surface area contributed by atoms with Crippen molar-refractivity contribution in [2.45, 2.75) is 6.54 Å². The Morgan fingerprint density at radius 3 is 2.52 bits per heavy atom. The second-order valence-electron chi connectivity index (χ2n) is 4.93. The fourth-order valence-electron chi connectivity index (χ4n) is 2.38. The highest BCUT2D eigenvalue weighted by molar-refractivity contribution is 7.10. The molecule has 7 heteroatoms. The molecule has 1 aromatic heterocycles. The summed E-state index contributed by atoms with van der Waals surface area (Å²) in [5.41, 5.74) is 1.57. The van der Waals surface area contributed by atoms with E-state index in [4.69, 9.17) is 11.6 Å². The van der Waals surface area contributed by atoms with Crippen LogP contribution < -0.4 is 0 Å². The predicted molar refractivity (Wildman–Crippen MR) is 82.5 cm³/mol. The van der Waals surface area contributed by atoms with Crippen molar-refractivity contribution in [3.8, 4) is 0 Å². The van der Waals surface area contributed by atoms with Crippen LogP contribution in [-0.4, -0.2) is 51.5 Å². The summed E-state index contributed by atoms with van der Waals surface area (Å²) in [7, 11) is 0. The number of aromatic nitrogens is 2. The number of rotatable bonds is 3. The molecule has 0 spiro atoms. The molecule has 3 rings (SSSR count). The molecule has 0 unspecified atom stereocenters. The van der Waals surface area contributed by atoms with Gasteiger partial charge in [-0.25, -0.2) is 0 Å². The van der Waals surface area contributed by atoms with Crippen LogP contribution in [0.15, 0.2) is 30.3 Å². The van der Waals surface area contributed by atoms with Gasteiger partial charge in [0.15, 0.2) is 0 Å². The van der Waals surface area contributed by atoms with Gasteiger partial charge in [-0.15, -0.1) is 5.10 Å². The standard InChI is InChI=1S/C14H15ClN4OS/c15-13-12(16-17-21-13)10-18-6-8-19(9-7-18)14(20)11-4-2-1-3-5-11/h1-5H,6-10H2. The van der Waals surface area contributed by atoms with Crippen LogP contribution in [0.4, 0.5) is 0 Å². The van der Waals surface area contributed by atoms with Gasteiger partial charge in [-0.2, -0.15) is 0 Å². The summed E-state index contributed by atoms with van der Waals surface area (Å²) in [5, 5.41) is 4.03. The molecule has 0 aliphatic carbocycles. The molecule has 110 valence electrons. The molecule has 0 saturated carbocycles. The minimum atomic E-state index is 0.101. The fraction of sp³-hybridized carbons (Fsp3) is 0.357. The maximum Gasteiger partial charge on any atom is 0.253 e. The van der Waals surface area contributed by atoms with E-state index in [2.05, 4.69) is 14.5 Å². The van der Waals surface area contributed by atoms with Crippen molar-refractivity contribution in [1.82, 2.24) is 19.4 Å². The topological polar surface area (TPSA) is 49.3 Å². The summed E-state index contributed by atoms with van der Waals surface area (Å²) in [4.78, 5) is 16.5. The zero-order chi connectivity index (χ0) is 14.7. The van der Waals surface area contributed by atoms with Gasteiger partial charge < -0.3 is 4.90 Å². The largest absolute Gasteiger partial charge is 0.336 e. The lowest BCUT2D eigenvalue weighted by atomic mass is 10.2. The number of carbonyl (C=O) groups excluding carboxylic acids is 1. The van der Waals surface area contributed by atoms with Crippen LogP contribution in [0, 0.1) is 0 Å². The quantitative estimate of drug-likeness (QED) is 0.869. The van der Waals surface area contributed by atoms with E-state index in [0.29, 0.717) is 10.9 Å². The first-order valence-corrected chi connectivity index (χ1v) is 7.92. The van der Waals surface area contributed by atoms with Crippen LogP contribution in [0.2, 0.25) is 4.34 Å². The molecule has 1 amide bonds. The maximum atomic E-state index is 12.3. The van der Waals surface area contributed by atoms with Crippen LogP contribution in [0.5, 0.6) is 0 Å². The number of benzene rings is 1. The lowest BCUT2D eigenvalue weighted by Gasteiger charge is -2.34. The molecule has 1 fully saturated rings. The Labute approximate surface area is 132 Å². The monoisotopic (exact) mass is 322 g/mol. The van der Waals surface area contributed by atoms with Crippen molar-refractivity contribution in [2.24, 2.45) is 0 Å². The second-order valence-corrected chi connectivity index (χ2v) is 6.28. The van der Waals surface area contributed by atoms with Gasteiger partial charge in [0.2, 0.25) is 0 Å². The second kappa shape index (κ2) is 6.51. The molecule has 5 nitrogen and oxygen atoms in total. The number of amides is 1. The van der Waals surface area contributed by atoms with E-state index in [9.17, 15) is 4.79 Å². The van der Waals surface area contributed by atoms with E-state index in [0.717, 1.165) is 37.4 Å². The third-order valence-electron chi connectivity index (χ3n) is 3.56. The summed E-state index contributed by atoms with van der Waals surface area (Å²) in [6, 6.07) is 9.41. The average Bonchev–Trinajstić information content (AvgIpc) is 2.93. The average molecular weight is 323 g/mol. The molecule has 0 N–H and O–H groups in total. The van der Waals surface area contributed by atoms with Crippen molar-refractivity contribution in [2.75, 3.05) is 26.2 Å². The van der Waals surface area contributed by atoms with E-state index >= 15 is 0 Å². The maximum absolute atomic E-state index is 12.3. The Balaban J connectivity index is 1.56. The zero-order valence-electron chi connectivity index (χ0n) is 11.4. The Morgan fingerprint density at radius 1 is 1.19 bits per heavy atom. The Morgan fingerprint density at radius 2 is 1.90 bits per heavy atom. The van der Waals surface area contributed by atoms with Gasteiger partial charge in [0, 0.05) is 49.8 Å². The lowest BCUT2D eigenvalue weighted by Crippen LogP contribution is -2.48. The molecule has 2 aromatic rings. The highest BCUT2D eigenvalue weighted by Crippen LogP contribution is 2.19. The first kappa shape index (κ1) is 14.4. The van der Waals surface area contributed by atoms with E-state index in [-0.39, 0.29) is 5.91 Å². The van der Waals surface area contributed by atoms with Gasteiger partial charge in [0.25, 0.3) is 5.91 Å². The van der Waals surface area contributed by atoms with Crippen molar-refractivity contribution >= 4 is 29.0 Å². The fourth-order valence-corrected chi connectivity index (χ4v) is 2.99. The van der Waals surface area contributed by atoms with Gasteiger partial charge in [0.1, 0.15) is 10.0 Å². The molecular formula is C14H15ClN4OS. The number of nitrogens with zero attached hydrogens (tertiary/aromatic N) is 4. The van der Waals surface area contributed by atoms with Crippen LogP contribution >= 0.6 is 23.1 Å². The van der Waals surface area contributed by atoms with E-state index in [1.54, 1.807) is 0 Å². The van der Waals surface area contributed by atoms with Gasteiger partial charge in [-0.05, 0) is 12.1 Å². The van der Waals surface area contributed by atoms with Crippen molar-refractivity contribution in [3.05, 3.63) is 45.9 Å². The van der Waals surface area contributed by atoms with Crippen molar-refractivity contribution in [1.29, 1.82) is 0 Å². The SMILES string of the molecule is O=C(c1ccccc1)N1CCN(Cc2nnsc2Cl)CC1. The first-order valence-electron chi connectivity index (χ1n) is 6.77. The first-order chi connectivity index (χ1) is 10.2. The molecule has 1 aromatic carbocycles. The minimum absolute atomic E-state index is 0.101. The van der Waals surface area contributed by atoms with Gasteiger partial charge in [-0.1, -0.05) is 34.3 Å². The smallest absolute Gasteiger partial charge is 0.253 e. The molecule has 0 atom stereocenters. The summed E-state index contributed by atoms with van der Waals surface area (Å²) in [6.45, 7) is 3.80. The highest BCUT2D eigenvalue weighted by atomic mass is 35.5. The highest BCUT2D eigenvalue weighted by Gasteiger charge is 2.23. The number of hydrogen-bond donors (Lipinski definition) is 0. The van der Waals surface area contributed by atoms with Gasteiger partial charge in [0.05, 0.1) is 0 Å². The normalized spacial score (nSPS) is 16.1. The van der Waals surface area contributed by atoms with Crippen molar-refractivity contribution in [3.63, 3.8) is 0 Å². The molecule has 0 radical (unpaired) electrons. The van der Waals surface area contributed by atoms with Crippen LogP contribution in [0.3, 0.4) is 0 Å². The number of hydrogen-bond acceptors (Lipinski definition) is 5. The molecule has 2 heterocycles. The Kier molecular flexibility index (Phi) is 4.48. The summed E-state index contributed by atoms with van der Waals surface area (Å²) in [5.74, 6) is 0.101. The Bertz CT molecular complexity index is 610. The number of piperazine rings is 1. The van der Waals surface area contributed by atoms with E-state index in [1.165, 1.54) is 11.5 Å². The summed E-state index contributed by atoms with van der Waals surface area (Å²) < 4.78 is 4.49. The van der Waals surface area contributed by atoms with Crippen LogP contribution in [0.1, 0.15) is 16.1 Å². The minimum Gasteiger partial charge on any atom is -0.336 e. The van der Waals surface area contributed by atoms with Crippen molar-refractivity contribution < 1.29 is 4.79 Å². The molecule has 21 heavy (non-hydrogen) atoms. The van der Waals surface area contributed by atoms with Crippen LogP contribution in [-0.2, 0) is 6.54 Å². The molecule has 1 saturated heterocycles. The molecular weight excluding hydrogens is 308 g/mol. The third kappa shape index (κ3) is 3.40. The predicted octanol–water partition coefficient (Wildman–Crippen LogP) is 2.15. The van der Waals surface area contributed by atoms with E-state index < -0.39 is 0 Å². The summed E-state index contributed by atoms with van der Waals surface area (Å²) in [6.07, 6.45) is 0. The lowest BCUT2D eigenvalue weighted by molar-refractivity contribution is 0.0627. The third-order valence-corrected chi connectivity index (χ3v) is 4.55. The number of halogens is 1. The van der Waals surface area contributed by atoms with Gasteiger partial charge >= 0.3 is 0 Å². The Hall–Kier alpha value is -1.50. The summed E-state index contributed by atoms with van der Waals surface area (Å²) >= 11 is 7.23. The molecule has 1 aliphatic rings. The molecule has 0 bridgehead atoms. The zero-order valence-corrected chi connectivity index (χ0v) is 13.0. The molecule has 1 aliphatic heterocycles.